The Balaban J connectivity index is 1.56. The van der Waals surface area contributed by atoms with Crippen LogP contribution < -0.4 is 4.72 Å². The lowest BCUT2D eigenvalue weighted by Crippen LogP contribution is -2.51. The highest BCUT2D eigenvalue weighted by atomic mass is 32.2. The summed E-state index contributed by atoms with van der Waals surface area (Å²) in [5.41, 5.74) is 0.820. The van der Waals surface area contributed by atoms with Gasteiger partial charge in [-0.05, 0) is 49.4 Å². The van der Waals surface area contributed by atoms with Crippen LogP contribution in [0.4, 0.5) is 4.39 Å². The lowest BCUT2D eigenvalue weighted by molar-refractivity contribution is -0.134. The molecular formula is C22H25FN4O3S2. The minimum Gasteiger partial charge on any atom is -0.341 e. The first-order chi connectivity index (χ1) is 15.5. The molecular weight excluding hydrogens is 451 g/mol. The number of rotatable bonds is 8. The first kappa shape index (κ1) is 22.8. The quantitative estimate of drug-likeness (QED) is 0.539. The van der Waals surface area contributed by atoms with Gasteiger partial charge in [-0.15, -0.1) is 11.3 Å². The van der Waals surface area contributed by atoms with Crippen LogP contribution in [-0.4, -0.2) is 55.0 Å². The average molecular weight is 477 g/mol. The number of thiazole rings is 1. The van der Waals surface area contributed by atoms with Crippen LogP contribution >= 0.6 is 11.3 Å². The second-order valence-electron chi connectivity index (χ2n) is 7.89. The Morgan fingerprint density at radius 2 is 2.00 bits per heavy atom. The Morgan fingerprint density at radius 3 is 2.69 bits per heavy atom. The lowest BCUT2D eigenvalue weighted by Gasteiger charge is -2.34. The summed E-state index contributed by atoms with van der Waals surface area (Å²) in [5, 5.41) is 0.686. The predicted octanol–water partition coefficient (Wildman–Crippen LogP) is 3.18. The molecule has 1 aliphatic heterocycles. The van der Waals surface area contributed by atoms with Gasteiger partial charge in [0, 0.05) is 31.9 Å². The van der Waals surface area contributed by atoms with E-state index in [1.165, 1.54) is 35.9 Å². The second kappa shape index (κ2) is 10.0. The summed E-state index contributed by atoms with van der Waals surface area (Å²) in [6.45, 7) is 0.632. The smallest absolute Gasteiger partial charge is 0.242 e. The molecule has 0 unspecified atom stereocenters. The standard InChI is InChI=1S/C22H25FN4O3S2/c23-10-7-16-8-12-27(13-9-16)22(28)19(26-32(29,30)17-4-3-11-24-15-17)14-21-25-18-5-1-2-6-20(18)31-21/h1-6,11,15-16,19,26H,7-10,12-14H2/t19-/m0/s1. The van der Waals surface area contributed by atoms with Crippen LogP contribution in [-0.2, 0) is 21.2 Å². The van der Waals surface area contributed by atoms with E-state index in [2.05, 4.69) is 14.7 Å². The Morgan fingerprint density at radius 1 is 1.22 bits per heavy atom. The highest BCUT2D eigenvalue weighted by Gasteiger charge is 2.32. The fraction of sp³-hybridized carbons (Fsp3) is 0.409. The van der Waals surface area contributed by atoms with Gasteiger partial charge >= 0.3 is 0 Å². The highest BCUT2D eigenvalue weighted by Crippen LogP contribution is 2.25. The van der Waals surface area contributed by atoms with Gasteiger partial charge in [0.05, 0.1) is 21.9 Å². The van der Waals surface area contributed by atoms with Crippen molar-refractivity contribution in [1.29, 1.82) is 0 Å². The number of likely N-dealkylation sites (tertiary alicyclic amines) is 1. The molecule has 2 aromatic heterocycles. The third kappa shape index (κ3) is 5.31. The van der Waals surface area contributed by atoms with Crippen molar-refractivity contribution in [3.63, 3.8) is 0 Å². The van der Waals surface area contributed by atoms with Crippen molar-refractivity contribution in [2.24, 2.45) is 5.92 Å². The van der Waals surface area contributed by atoms with Crippen molar-refractivity contribution in [2.45, 2.75) is 36.6 Å². The summed E-state index contributed by atoms with van der Waals surface area (Å²) in [4.78, 5) is 23.5. The topological polar surface area (TPSA) is 92.3 Å². The molecule has 1 amide bonds. The average Bonchev–Trinajstić information content (AvgIpc) is 3.22. The Kier molecular flexibility index (Phi) is 7.12. The zero-order chi connectivity index (χ0) is 22.6. The number of carbonyl (C=O) groups is 1. The van der Waals surface area contributed by atoms with Gasteiger partial charge in [0.1, 0.15) is 10.9 Å². The predicted molar refractivity (Wildman–Crippen MR) is 122 cm³/mol. The number of fused-ring (bicyclic) bond motifs is 1. The fourth-order valence-corrected chi connectivity index (χ4v) is 6.10. The van der Waals surface area contributed by atoms with Gasteiger partial charge < -0.3 is 4.90 Å². The van der Waals surface area contributed by atoms with Gasteiger partial charge in [-0.1, -0.05) is 12.1 Å². The van der Waals surface area contributed by atoms with E-state index in [4.69, 9.17) is 0 Å². The number of sulfonamides is 1. The molecule has 1 aliphatic rings. The molecule has 1 atom stereocenters. The molecule has 0 spiro atoms. The van der Waals surface area contributed by atoms with E-state index in [-0.39, 0.29) is 29.8 Å². The second-order valence-corrected chi connectivity index (χ2v) is 10.7. The third-order valence-corrected chi connectivity index (χ3v) is 8.22. The van der Waals surface area contributed by atoms with Crippen LogP contribution in [0, 0.1) is 5.92 Å². The normalized spacial score (nSPS) is 16.3. The lowest BCUT2D eigenvalue weighted by atomic mass is 9.93. The number of hydrogen-bond acceptors (Lipinski definition) is 6. The number of hydrogen-bond donors (Lipinski definition) is 1. The van der Waals surface area contributed by atoms with Crippen molar-refractivity contribution < 1.29 is 17.6 Å². The van der Waals surface area contributed by atoms with Gasteiger partial charge in [-0.2, -0.15) is 4.72 Å². The van der Waals surface area contributed by atoms with Crippen LogP contribution in [0.25, 0.3) is 10.2 Å². The van der Waals surface area contributed by atoms with Crippen molar-refractivity contribution in [3.8, 4) is 0 Å². The number of pyridine rings is 1. The third-order valence-electron chi connectivity index (χ3n) is 5.70. The van der Waals surface area contributed by atoms with Crippen molar-refractivity contribution in [1.82, 2.24) is 19.6 Å². The molecule has 0 bridgehead atoms. The first-order valence-corrected chi connectivity index (χ1v) is 12.9. The van der Waals surface area contributed by atoms with Gasteiger partial charge in [-0.3, -0.25) is 14.2 Å². The van der Waals surface area contributed by atoms with E-state index < -0.39 is 16.1 Å². The van der Waals surface area contributed by atoms with Crippen LogP contribution in [0.15, 0.2) is 53.7 Å². The zero-order valence-electron chi connectivity index (χ0n) is 17.5. The van der Waals surface area contributed by atoms with Crippen molar-refractivity contribution in [3.05, 3.63) is 53.8 Å². The number of nitrogens with zero attached hydrogens (tertiary/aromatic N) is 3. The molecule has 1 fully saturated rings. The molecule has 0 radical (unpaired) electrons. The summed E-state index contributed by atoms with van der Waals surface area (Å²) < 4.78 is 42.1. The molecule has 3 heterocycles. The monoisotopic (exact) mass is 476 g/mol. The molecule has 1 aromatic carbocycles. The maximum absolute atomic E-state index is 13.4. The zero-order valence-corrected chi connectivity index (χ0v) is 19.1. The van der Waals surface area contributed by atoms with Crippen LogP contribution in [0.1, 0.15) is 24.3 Å². The number of halogens is 1. The van der Waals surface area contributed by atoms with E-state index in [9.17, 15) is 17.6 Å². The summed E-state index contributed by atoms with van der Waals surface area (Å²) in [5.74, 6) is -0.0192. The molecule has 32 heavy (non-hydrogen) atoms. The van der Waals surface area contributed by atoms with E-state index in [1.807, 2.05) is 24.3 Å². The van der Waals surface area contributed by atoms with Gasteiger partial charge in [0.25, 0.3) is 0 Å². The molecule has 10 heteroatoms. The fourth-order valence-electron chi connectivity index (χ4n) is 3.94. The number of para-hydroxylation sites is 1. The molecule has 1 saturated heterocycles. The Bertz CT molecular complexity index is 1130. The molecule has 0 aliphatic carbocycles. The number of nitrogens with one attached hydrogen (secondary N) is 1. The van der Waals surface area contributed by atoms with Gasteiger partial charge in [0.15, 0.2) is 0 Å². The van der Waals surface area contributed by atoms with E-state index in [1.54, 1.807) is 4.90 Å². The van der Waals surface area contributed by atoms with Crippen LogP contribution in [0.5, 0.6) is 0 Å². The molecule has 3 aromatic rings. The number of alkyl halides is 1. The Hall–Kier alpha value is -2.43. The van der Waals surface area contributed by atoms with E-state index in [0.717, 1.165) is 23.1 Å². The number of aromatic nitrogens is 2. The number of carbonyl (C=O) groups excluding carboxylic acids is 1. The van der Waals surface area contributed by atoms with E-state index in [0.29, 0.717) is 24.5 Å². The first-order valence-electron chi connectivity index (χ1n) is 10.6. The molecule has 7 nitrogen and oxygen atoms in total. The molecule has 0 saturated carbocycles. The SMILES string of the molecule is O=C([C@H](Cc1nc2ccccc2s1)NS(=O)(=O)c1cccnc1)N1CCC(CCF)CC1. The van der Waals surface area contributed by atoms with Crippen LogP contribution in [0.3, 0.4) is 0 Å². The maximum atomic E-state index is 13.4. The van der Waals surface area contributed by atoms with E-state index >= 15 is 0 Å². The Labute approximate surface area is 190 Å². The van der Waals surface area contributed by atoms with Gasteiger partial charge in [0.2, 0.25) is 15.9 Å². The number of piperidine rings is 1. The molecule has 170 valence electrons. The molecule has 4 rings (SSSR count). The largest absolute Gasteiger partial charge is 0.341 e. The minimum absolute atomic E-state index is 0.00348. The van der Waals surface area contributed by atoms with Crippen LogP contribution in [0.2, 0.25) is 0 Å². The summed E-state index contributed by atoms with van der Waals surface area (Å²) in [6, 6.07) is 9.63. The maximum Gasteiger partial charge on any atom is 0.242 e. The van der Waals surface area contributed by atoms with Crippen molar-refractivity contribution >= 4 is 37.5 Å². The summed E-state index contributed by atoms with van der Waals surface area (Å²) in [6.07, 6.45) is 4.85. The van der Waals surface area contributed by atoms with Crippen molar-refractivity contribution in [2.75, 3.05) is 19.8 Å². The number of amides is 1. The molecule has 1 N–H and O–H groups in total. The number of benzene rings is 1. The summed E-state index contributed by atoms with van der Waals surface area (Å²) >= 11 is 1.45. The minimum atomic E-state index is -3.95. The summed E-state index contributed by atoms with van der Waals surface area (Å²) in [7, 11) is -3.95. The highest BCUT2D eigenvalue weighted by molar-refractivity contribution is 7.89. The van der Waals surface area contributed by atoms with Gasteiger partial charge in [-0.25, -0.2) is 13.4 Å².